The fraction of sp³-hybridized carbons (Fsp3) is 1.00. The summed E-state index contributed by atoms with van der Waals surface area (Å²) in [5.41, 5.74) is 5.49. The Kier molecular flexibility index (Phi) is 4.72. The lowest BCUT2D eigenvalue weighted by molar-refractivity contribution is -0.486. The molecule has 0 bridgehead atoms. The molecule has 11 heavy (non-hydrogen) atoms. The molecule has 0 amide bonds. The van der Waals surface area contributed by atoms with Gasteiger partial charge in [-0.1, -0.05) is 6.92 Å². The number of nitro groups is 1. The first-order valence-electron chi connectivity index (χ1n) is 3.65. The van der Waals surface area contributed by atoms with Crippen molar-refractivity contribution in [3.63, 3.8) is 0 Å². The molecular weight excluding hydrogens is 146 g/mol. The summed E-state index contributed by atoms with van der Waals surface area (Å²) >= 11 is 0. The summed E-state index contributed by atoms with van der Waals surface area (Å²) in [7, 11) is 1.79. The van der Waals surface area contributed by atoms with E-state index >= 15 is 0 Å². The van der Waals surface area contributed by atoms with Crippen molar-refractivity contribution in [3.8, 4) is 0 Å². The van der Waals surface area contributed by atoms with Gasteiger partial charge in [-0.25, -0.2) is 0 Å². The standard InChI is InChI=1S/C6H15N3O2/c1-3-4-8(2)6(7)5-9(10)11/h6H,3-5,7H2,1-2H3. The molecule has 0 aliphatic rings. The van der Waals surface area contributed by atoms with E-state index in [1.807, 2.05) is 6.92 Å². The van der Waals surface area contributed by atoms with Gasteiger partial charge in [0, 0.05) is 4.92 Å². The molecule has 2 N–H and O–H groups in total. The summed E-state index contributed by atoms with van der Waals surface area (Å²) in [6.45, 7) is 2.63. The molecule has 0 aliphatic carbocycles. The predicted octanol–water partition coefficient (Wildman–Crippen LogP) is -0.110. The Morgan fingerprint density at radius 2 is 2.27 bits per heavy atom. The second kappa shape index (κ2) is 5.03. The van der Waals surface area contributed by atoms with Gasteiger partial charge in [0.05, 0.1) is 0 Å². The summed E-state index contributed by atoms with van der Waals surface area (Å²) in [6.07, 6.45) is 0.506. The van der Waals surface area contributed by atoms with Crippen LogP contribution in [0.2, 0.25) is 0 Å². The minimum atomic E-state index is -0.454. The molecule has 1 atom stereocenters. The van der Waals surface area contributed by atoms with Crippen LogP contribution in [0.4, 0.5) is 0 Å². The zero-order valence-electron chi connectivity index (χ0n) is 6.99. The smallest absolute Gasteiger partial charge is 0.231 e. The van der Waals surface area contributed by atoms with Crippen LogP contribution in [0.1, 0.15) is 13.3 Å². The van der Waals surface area contributed by atoms with E-state index in [2.05, 4.69) is 0 Å². The van der Waals surface area contributed by atoms with Gasteiger partial charge in [0.15, 0.2) is 0 Å². The van der Waals surface area contributed by atoms with Crippen LogP contribution < -0.4 is 5.73 Å². The maximum absolute atomic E-state index is 10.0. The maximum atomic E-state index is 10.0. The van der Waals surface area contributed by atoms with E-state index in [9.17, 15) is 10.1 Å². The Hall–Kier alpha value is -0.680. The molecule has 0 fully saturated rings. The van der Waals surface area contributed by atoms with Gasteiger partial charge in [-0.2, -0.15) is 0 Å². The van der Waals surface area contributed by atoms with Crippen LogP contribution >= 0.6 is 0 Å². The molecule has 5 nitrogen and oxygen atoms in total. The third-order valence-electron chi connectivity index (χ3n) is 1.48. The highest BCUT2D eigenvalue weighted by molar-refractivity contribution is 4.58. The first-order chi connectivity index (χ1) is 5.07. The van der Waals surface area contributed by atoms with E-state index in [0.717, 1.165) is 13.0 Å². The van der Waals surface area contributed by atoms with Gasteiger partial charge in [0.1, 0.15) is 6.17 Å². The highest BCUT2D eigenvalue weighted by atomic mass is 16.6. The van der Waals surface area contributed by atoms with Crippen molar-refractivity contribution in [2.75, 3.05) is 20.1 Å². The largest absolute Gasteiger partial charge is 0.310 e. The molecule has 0 heterocycles. The molecule has 0 rings (SSSR count). The van der Waals surface area contributed by atoms with Crippen LogP contribution in [0, 0.1) is 10.1 Å². The topological polar surface area (TPSA) is 72.4 Å². The van der Waals surface area contributed by atoms with Crippen LogP contribution in [0.3, 0.4) is 0 Å². The van der Waals surface area contributed by atoms with Crippen molar-refractivity contribution in [2.45, 2.75) is 19.5 Å². The molecule has 0 aromatic heterocycles. The van der Waals surface area contributed by atoms with E-state index < -0.39 is 11.1 Å². The minimum absolute atomic E-state index is 0.184. The average molecular weight is 161 g/mol. The summed E-state index contributed by atoms with van der Waals surface area (Å²) in [6, 6.07) is 0. The second-order valence-corrected chi connectivity index (χ2v) is 2.56. The van der Waals surface area contributed by atoms with Crippen LogP contribution in [0.25, 0.3) is 0 Å². The van der Waals surface area contributed by atoms with Gasteiger partial charge in [-0.3, -0.25) is 15.0 Å². The minimum Gasteiger partial charge on any atom is -0.310 e. The number of nitrogens with zero attached hydrogens (tertiary/aromatic N) is 2. The Morgan fingerprint density at radius 1 is 1.73 bits per heavy atom. The summed E-state index contributed by atoms with van der Waals surface area (Å²) in [5, 5.41) is 10.0. The normalized spacial score (nSPS) is 13.5. The third kappa shape index (κ3) is 4.69. The van der Waals surface area contributed by atoms with Crippen molar-refractivity contribution in [3.05, 3.63) is 10.1 Å². The quantitative estimate of drug-likeness (QED) is 0.347. The molecule has 0 spiro atoms. The number of hydrogen-bond donors (Lipinski definition) is 1. The molecule has 0 radical (unpaired) electrons. The van der Waals surface area contributed by atoms with Crippen LogP contribution in [0.5, 0.6) is 0 Å². The lowest BCUT2D eigenvalue weighted by Gasteiger charge is -2.19. The van der Waals surface area contributed by atoms with E-state index in [1.165, 1.54) is 0 Å². The van der Waals surface area contributed by atoms with Gasteiger partial charge in [0.2, 0.25) is 6.54 Å². The van der Waals surface area contributed by atoms with Crippen LogP contribution in [-0.2, 0) is 0 Å². The van der Waals surface area contributed by atoms with Crippen molar-refractivity contribution in [1.82, 2.24) is 4.90 Å². The lowest BCUT2D eigenvalue weighted by atomic mass is 10.4. The molecule has 1 unspecified atom stereocenters. The molecule has 66 valence electrons. The third-order valence-corrected chi connectivity index (χ3v) is 1.48. The van der Waals surface area contributed by atoms with Gasteiger partial charge >= 0.3 is 0 Å². The molecule has 0 aromatic rings. The summed E-state index contributed by atoms with van der Waals surface area (Å²) in [5.74, 6) is 0. The highest BCUT2D eigenvalue weighted by Crippen LogP contribution is 1.91. The van der Waals surface area contributed by atoms with Gasteiger partial charge in [-0.15, -0.1) is 0 Å². The van der Waals surface area contributed by atoms with Crippen molar-refractivity contribution in [1.29, 1.82) is 0 Å². The molecular formula is C6H15N3O2. The molecule has 0 aromatic carbocycles. The summed E-state index contributed by atoms with van der Waals surface area (Å²) < 4.78 is 0. The maximum Gasteiger partial charge on any atom is 0.231 e. The van der Waals surface area contributed by atoms with Crippen molar-refractivity contribution in [2.24, 2.45) is 5.73 Å². The Balaban J connectivity index is 3.63. The fourth-order valence-electron chi connectivity index (χ4n) is 0.811. The number of hydrogen-bond acceptors (Lipinski definition) is 4. The number of nitrogens with two attached hydrogens (primary N) is 1. The van der Waals surface area contributed by atoms with Gasteiger partial charge in [0.25, 0.3) is 0 Å². The van der Waals surface area contributed by atoms with E-state index in [1.54, 1.807) is 11.9 Å². The first kappa shape index (κ1) is 10.3. The Labute approximate surface area is 66.3 Å². The number of rotatable bonds is 5. The average Bonchev–Trinajstić information content (AvgIpc) is 1.86. The summed E-state index contributed by atoms with van der Waals surface area (Å²) in [4.78, 5) is 11.4. The molecule has 5 heteroatoms. The van der Waals surface area contributed by atoms with Crippen molar-refractivity contribution < 1.29 is 4.92 Å². The van der Waals surface area contributed by atoms with Crippen LogP contribution in [0.15, 0.2) is 0 Å². The first-order valence-corrected chi connectivity index (χ1v) is 3.65. The zero-order valence-corrected chi connectivity index (χ0v) is 6.99. The Morgan fingerprint density at radius 3 is 2.64 bits per heavy atom. The lowest BCUT2D eigenvalue weighted by Crippen LogP contribution is -2.44. The molecule has 0 saturated heterocycles. The fourth-order valence-corrected chi connectivity index (χ4v) is 0.811. The van der Waals surface area contributed by atoms with E-state index in [0.29, 0.717) is 0 Å². The zero-order chi connectivity index (χ0) is 8.85. The molecule has 0 saturated carbocycles. The monoisotopic (exact) mass is 161 g/mol. The second-order valence-electron chi connectivity index (χ2n) is 2.56. The Bertz CT molecular complexity index is 129. The van der Waals surface area contributed by atoms with Crippen molar-refractivity contribution >= 4 is 0 Å². The number of likely N-dealkylation sites (N-methyl/N-ethyl adjacent to an activating group) is 1. The SMILES string of the molecule is CCCN(C)C(N)C[N+](=O)[O-]. The van der Waals surface area contributed by atoms with E-state index in [4.69, 9.17) is 5.73 Å². The van der Waals surface area contributed by atoms with Gasteiger partial charge < -0.3 is 5.73 Å². The van der Waals surface area contributed by atoms with Crippen LogP contribution in [-0.4, -0.2) is 36.1 Å². The van der Waals surface area contributed by atoms with Gasteiger partial charge in [-0.05, 0) is 20.0 Å². The van der Waals surface area contributed by atoms with E-state index in [-0.39, 0.29) is 6.54 Å². The predicted molar refractivity (Wildman–Crippen MR) is 42.8 cm³/mol. The highest BCUT2D eigenvalue weighted by Gasteiger charge is 2.13. The molecule has 0 aliphatic heterocycles.